The maximum absolute atomic E-state index is 13.0. The third-order valence-electron chi connectivity index (χ3n) is 2.40. The first kappa shape index (κ1) is 14.0. The molecule has 7 heteroatoms. The van der Waals surface area contributed by atoms with Crippen LogP contribution >= 0.6 is 0 Å². The fourth-order valence-electron chi connectivity index (χ4n) is 1.55. The highest BCUT2D eigenvalue weighted by molar-refractivity contribution is 5.73. The summed E-state index contributed by atoms with van der Waals surface area (Å²) in [5.41, 5.74) is 4.79. The van der Waals surface area contributed by atoms with Crippen LogP contribution in [0.25, 0.3) is 0 Å². The van der Waals surface area contributed by atoms with Crippen LogP contribution in [-0.2, 0) is 22.5 Å². The molecule has 0 aliphatic heterocycles. The molecule has 0 saturated carbocycles. The van der Waals surface area contributed by atoms with Gasteiger partial charge in [0, 0.05) is 23.9 Å². The first-order chi connectivity index (χ1) is 8.54. The molecule has 0 unspecified atom stereocenters. The van der Waals surface area contributed by atoms with Gasteiger partial charge in [-0.3, -0.25) is 4.79 Å². The highest BCUT2D eigenvalue weighted by Gasteiger charge is 2.22. The van der Waals surface area contributed by atoms with Crippen LogP contribution in [0.1, 0.15) is 28.8 Å². The number of aromatic nitrogens is 1. The molecule has 1 aromatic rings. The highest BCUT2D eigenvalue weighted by atomic mass is 19.3. The summed E-state index contributed by atoms with van der Waals surface area (Å²) in [6.45, 7) is -0.245. The molecule has 0 amide bonds. The van der Waals surface area contributed by atoms with Gasteiger partial charge in [0.05, 0.1) is 13.5 Å². The average Bonchev–Trinajstić information content (AvgIpc) is 2.37. The van der Waals surface area contributed by atoms with E-state index in [4.69, 9.17) is 11.0 Å². The van der Waals surface area contributed by atoms with Crippen molar-refractivity contribution in [2.75, 3.05) is 7.11 Å². The van der Waals surface area contributed by atoms with Gasteiger partial charge in [-0.15, -0.1) is 0 Å². The highest BCUT2D eigenvalue weighted by Crippen LogP contribution is 2.28. The van der Waals surface area contributed by atoms with Gasteiger partial charge in [0.25, 0.3) is 6.43 Å². The van der Waals surface area contributed by atoms with Gasteiger partial charge in [-0.25, -0.2) is 13.8 Å². The summed E-state index contributed by atoms with van der Waals surface area (Å²) in [7, 11) is 1.16. The molecule has 1 heterocycles. The molecule has 0 aliphatic rings. The molecule has 0 spiro atoms. The number of esters is 1. The molecule has 0 aliphatic carbocycles. The molecular formula is C11H11F2N3O2. The lowest BCUT2D eigenvalue weighted by Crippen LogP contribution is -2.13. The number of nitrogens with zero attached hydrogens (tertiary/aromatic N) is 2. The summed E-state index contributed by atoms with van der Waals surface area (Å²) < 4.78 is 30.4. The molecule has 1 rings (SSSR count). The van der Waals surface area contributed by atoms with E-state index in [1.807, 2.05) is 0 Å². The third-order valence-corrected chi connectivity index (χ3v) is 2.40. The fourth-order valence-corrected chi connectivity index (χ4v) is 1.55. The van der Waals surface area contributed by atoms with Gasteiger partial charge in [-0.1, -0.05) is 0 Å². The van der Waals surface area contributed by atoms with E-state index in [0.29, 0.717) is 0 Å². The van der Waals surface area contributed by atoms with Crippen LogP contribution in [0.4, 0.5) is 8.78 Å². The molecule has 1 aromatic heterocycles. The second-order valence-electron chi connectivity index (χ2n) is 3.39. The molecule has 0 fully saturated rings. The summed E-state index contributed by atoms with van der Waals surface area (Å²) >= 11 is 0. The van der Waals surface area contributed by atoms with Crippen molar-refractivity contribution in [1.82, 2.24) is 4.98 Å². The van der Waals surface area contributed by atoms with Crippen LogP contribution in [0.2, 0.25) is 0 Å². The van der Waals surface area contributed by atoms with Crippen molar-refractivity contribution in [3.05, 3.63) is 28.6 Å². The van der Waals surface area contributed by atoms with Gasteiger partial charge in [0.2, 0.25) is 0 Å². The van der Waals surface area contributed by atoms with Crippen molar-refractivity contribution in [1.29, 1.82) is 5.26 Å². The average molecular weight is 255 g/mol. The lowest BCUT2D eigenvalue weighted by molar-refractivity contribution is -0.139. The Kier molecular flexibility index (Phi) is 4.68. The zero-order valence-corrected chi connectivity index (χ0v) is 9.61. The van der Waals surface area contributed by atoms with Crippen LogP contribution in [-0.4, -0.2) is 18.1 Å². The normalized spacial score (nSPS) is 10.2. The van der Waals surface area contributed by atoms with E-state index in [9.17, 15) is 13.6 Å². The zero-order chi connectivity index (χ0) is 13.7. The second-order valence-corrected chi connectivity index (χ2v) is 3.39. The van der Waals surface area contributed by atoms with Crippen molar-refractivity contribution < 1.29 is 18.3 Å². The molecule has 0 bridgehead atoms. The summed E-state index contributed by atoms with van der Waals surface area (Å²) in [4.78, 5) is 14.8. The quantitative estimate of drug-likeness (QED) is 0.813. The first-order valence-corrected chi connectivity index (χ1v) is 5.00. The van der Waals surface area contributed by atoms with Crippen molar-refractivity contribution in [2.24, 2.45) is 5.73 Å². The van der Waals surface area contributed by atoms with Crippen LogP contribution in [0.5, 0.6) is 0 Å². The topological polar surface area (TPSA) is 89.0 Å². The number of rotatable bonds is 4. The number of methoxy groups -OCH3 is 1. The van der Waals surface area contributed by atoms with Crippen LogP contribution in [0.15, 0.2) is 6.20 Å². The summed E-state index contributed by atoms with van der Waals surface area (Å²) in [5.74, 6) is -0.661. The van der Waals surface area contributed by atoms with E-state index in [1.54, 1.807) is 6.07 Å². The molecule has 2 N–H and O–H groups in total. The number of ether oxygens (including phenoxy) is 1. The standard InChI is InChI=1S/C11H11F2N3O2/c1-18-9(17)2-6-5-16-8(4-15)7(3-14)10(6)11(12)13/h5,11H,2-3,14H2,1H3. The molecule has 5 nitrogen and oxygen atoms in total. The predicted molar refractivity (Wildman–Crippen MR) is 57.5 cm³/mol. The number of nitrogens with two attached hydrogens (primary N) is 1. The Morgan fingerprint density at radius 2 is 2.33 bits per heavy atom. The Morgan fingerprint density at radius 1 is 1.67 bits per heavy atom. The van der Waals surface area contributed by atoms with Crippen molar-refractivity contribution in [2.45, 2.75) is 19.4 Å². The maximum atomic E-state index is 13.0. The Labute approximate surface area is 102 Å². The molecule has 96 valence electrons. The van der Waals surface area contributed by atoms with E-state index in [0.717, 1.165) is 13.3 Å². The lowest BCUT2D eigenvalue weighted by Gasteiger charge is -2.13. The Morgan fingerprint density at radius 3 is 2.78 bits per heavy atom. The molecule has 0 saturated heterocycles. The van der Waals surface area contributed by atoms with Crippen LogP contribution in [0, 0.1) is 11.3 Å². The Hall–Kier alpha value is -2.07. The molecule has 18 heavy (non-hydrogen) atoms. The Balaban J connectivity index is 3.35. The molecule has 0 radical (unpaired) electrons. The number of carbonyl (C=O) groups excluding carboxylic acids is 1. The number of halogens is 2. The van der Waals surface area contributed by atoms with Gasteiger partial charge in [0.1, 0.15) is 11.8 Å². The SMILES string of the molecule is COC(=O)Cc1cnc(C#N)c(CN)c1C(F)F. The third kappa shape index (κ3) is 2.78. The number of carbonyl (C=O) groups is 1. The van der Waals surface area contributed by atoms with Crippen molar-refractivity contribution >= 4 is 5.97 Å². The predicted octanol–water partition coefficient (Wildman–Crippen LogP) is 1.07. The van der Waals surface area contributed by atoms with E-state index >= 15 is 0 Å². The smallest absolute Gasteiger partial charge is 0.310 e. The van der Waals surface area contributed by atoms with Crippen LogP contribution < -0.4 is 5.73 Å². The molecular weight excluding hydrogens is 244 g/mol. The minimum Gasteiger partial charge on any atom is -0.469 e. The minimum atomic E-state index is -2.83. The summed E-state index contributed by atoms with van der Waals surface area (Å²) in [6, 6.07) is 1.70. The number of nitriles is 1. The van der Waals surface area contributed by atoms with Gasteiger partial charge < -0.3 is 10.5 Å². The fraction of sp³-hybridized carbons (Fsp3) is 0.364. The van der Waals surface area contributed by atoms with Crippen LogP contribution in [0.3, 0.4) is 0 Å². The number of alkyl halides is 2. The minimum absolute atomic E-state index is 0.0244. The largest absolute Gasteiger partial charge is 0.469 e. The van der Waals surface area contributed by atoms with Gasteiger partial charge >= 0.3 is 5.97 Å². The Bertz CT molecular complexity index is 498. The van der Waals surface area contributed by atoms with E-state index < -0.39 is 18.0 Å². The first-order valence-electron chi connectivity index (χ1n) is 5.00. The summed E-state index contributed by atoms with van der Waals surface area (Å²) in [6.07, 6.45) is -2.09. The summed E-state index contributed by atoms with van der Waals surface area (Å²) in [5, 5.41) is 8.77. The number of pyridine rings is 1. The molecule has 0 atom stereocenters. The van der Waals surface area contributed by atoms with Gasteiger partial charge in [-0.05, 0) is 5.56 Å². The van der Waals surface area contributed by atoms with E-state index in [1.165, 1.54) is 0 Å². The maximum Gasteiger partial charge on any atom is 0.310 e. The van der Waals surface area contributed by atoms with Crippen molar-refractivity contribution in [3.8, 4) is 6.07 Å². The zero-order valence-electron chi connectivity index (χ0n) is 9.61. The van der Waals surface area contributed by atoms with Crippen molar-refractivity contribution in [3.63, 3.8) is 0 Å². The lowest BCUT2D eigenvalue weighted by atomic mass is 9.99. The monoisotopic (exact) mass is 255 g/mol. The van der Waals surface area contributed by atoms with Gasteiger partial charge in [-0.2, -0.15) is 5.26 Å². The number of hydrogen-bond donors (Lipinski definition) is 1. The molecule has 0 aromatic carbocycles. The van der Waals surface area contributed by atoms with Gasteiger partial charge in [0.15, 0.2) is 0 Å². The van der Waals surface area contributed by atoms with E-state index in [2.05, 4.69) is 9.72 Å². The van der Waals surface area contributed by atoms with E-state index in [-0.39, 0.29) is 29.8 Å². The second kappa shape index (κ2) is 6.02. The number of hydrogen-bond acceptors (Lipinski definition) is 5.